The van der Waals surface area contributed by atoms with Crippen LogP contribution in [0.15, 0.2) is 79.1 Å². The van der Waals surface area contributed by atoms with E-state index >= 15 is 0 Å². The number of nitrogens with one attached hydrogen (secondary N) is 2. The molecule has 5 heteroatoms. The van der Waals surface area contributed by atoms with Crippen molar-refractivity contribution in [2.75, 3.05) is 6.54 Å². The van der Waals surface area contributed by atoms with Gasteiger partial charge in [0.15, 0.2) is 0 Å². The Kier molecular flexibility index (Phi) is 5.68. The predicted octanol–water partition coefficient (Wildman–Crippen LogP) is 6.31. The van der Waals surface area contributed by atoms with Gasteiger partial charge in [-0.3, -0.25) is 4.79 Å². The maximum absolute atomic E-state index is 12.9. The lowest BCUT2D eigenvalue weighted by molar-refractivity contribution is 0.0945. The summed E-state index contributed by atoms with van der Waals surface area (Å²) < 4.78 is 2.26. The van der Waals surface area contributed by atoms with Crippen LogP contribution in [0.2, 0.25) is 0 Å². The first-order valence-electron chi connectivity index (χ1n) is 12.6. The first-order valence-corrected chi connectivity index (χ1v) is 12.6. The van der Waals surface area contributed by atoms with E-state index in [1.807, 2.05) is 30.5 Å². The van der Waals surface area contributed by atoms with Gasteiger partial charge in [0.05, 0.1) is 5.69 Å². The number of amides is 1. The molecule has 1 unspecified atom stereocenters. The minimum absolute atomic E-state index is 0.0128. The lowest BCUT2D eigenvalue weighted by Gasteiger charge is -2.24. The van der Waals surface area contributed by atoms with Crippen molar-refractivity contribution in [2.45, 2.75) is 33.2 Å². The molecule has 1 amide bonds. The summed E-state index contributed by atoms with van der Waals surface area (Å²) in [6.07, 6.45) is 5.98. The molecule has 0 fully saturated rings. The van der Waals surface area contributed by atoms with E-state index in [0.29, 0.717) is 12.5 Å². The van der Waals surface area contributed by atoms with E-state index in [1.165, 1.54) is 22.3 Å². The smallest absolute Gasteiger partial charge is 0.251 e. The number of hydrogen-bond acceptors (Lipinski definition) is 2. The summed E-state index contributed by atoms with van der Waals surface area (Å²) >= 11 is 0. The molecule has 0 saturated carbocycles. The predicted molar refractivity (Wildman–Crippen MR) is 145 cm³/mol. The number of H-pyrrole nitrogens is 1. The van der Waals surface area contributed by atoms with Gasteiger partial charge in [0, 0.05) is 53.9 Å². The van der Waals surface area contributed by atoms with Crippen molar-refractivity contribution in [1.82, 2.24) is 19.9 Å². The van der Waals surface area contributed by atoms with Crippen LogP contribution in [0, 0.1) is 19.8 Å². The van der Waals surface area contributed by atoms with Gasteiger partial charge in [0.2, 0.25) is 0 Å². The van der Waals surface area contributed by atoms with Gasteiger partial charge in [-0.1, -0.05) is 48.5 Å². The molecular formula is C31H30N4O. The van der Waals surface area contributed by atoms with Crippen LogP contribution in [-0.2, 0) is 13.0 Å². The Morgan fingerprint density at radius 2 is 1.81 bits per heavy atom. The molecule has 2 aromatic heterocycles. The molecule has 1 aliphatic heterocycles. The van der Waals surface area contributed by atoms with Crippen molar-refractivity contribution in [3.05, 3.63) is 102 Å². The van der Waals surface area contributed by atoms with Crippen LogP contribution >= 0.6 is 0 Å². The molecule has 0 radical (unpaired) electrons. The van der Waals surface area contributed by atoms with Crippen molar-refractivity contribution in [2.24, 2.45) is 5.92 Å². The molecule has 0 spiro atoms. The third kappa shape index (κ3) is 4.22. The van der Waals surface area contributed by atoms with Crippen LogP contribution in [0.3, 0.4) is 0 Å². The number of aromatic nitrogens is 3. The lowest BCUT2D eigenvalue weighted by Crippen LogP contribution is -2.33. The Bertz CT molecular complexity index is 1560. The zero-order valence-corrected chi connectivity index (χ0v) is 20.7. The number of carbonyl (C=O) groups excluding carboxylic acids is 1. The number of aryl methyl sites for hydroxylation is 3. The average molecular weight is 475 g/mol. The third-order valence-electron chi connectivity index (χ3n) is 7.50. The first kappa shape index (κ1) is 22.4. The highest BCUT2D eigenvalue weighted by Crippen LogP contribution is 2.28. The largest absolute Gasteiger partial charge is 0.361 e. The van der Waals surface area contributed by atoms with Gasteiger partial charge in [0.1, 0.15) is 5.82 Å². The normalized spacial score (nSPS) is 15.1. The summed E-state index contributed by atoms with van der Waals surface area (Å²) in [6, 6.07) is 23.1. The van der Waals surface area contributed by atoms with E-state index in [-0.39, 0.29) is 5.91 Å². The topological polar surface area (TPSA) is 62.7 Å². The van der Waals surface area contributed by atoms with Crippen LogP contribution in [0.25, 0.3) is 33.3 Å². The minimum Gasteiger partial charge on any atom is -0.361 e. The molecule has 2 N–H and O–H groups in total. The number of aromatic amines is 1. The summed E-state index contributed by atoms with van der Waals surface area (Å²) in [7, 11) is 0. The lowest BCUT2D eigenvalue weighted by atomic mass is 9.99. The molecule has 3 heterocycles. The number of benzene rings is 3. The van der Waals surface area contributed by atoms with E-state index in [0.717, 1.165) is 52.9 Å². The van der Waals surface area contributed by atoms with E-state index in [4.69, 9.17) is 4.98 Å². The van der Waals surface area contributed by atoms with Gasteiger partial charge in [-0.15, -0.1) is 0 Å². The number of nitrogens with zero attached hydrogens (tertiary/aromatic N) is 2. The Balaban J connectivity index is 1.12. The van der Waals surface area contributed by atoms with Crippen LogP contribution in [-0.4, -0.2) is 27.0 Å². The summed E-state index contributed by atoms with van der Waals surface area (Å²) in [5.41, 5.74) is 8.94. The zero-order chi connectivity index (χ0) is 24.6. The highest BCUT2D eigenvalue weighted by molar-refractivity contribution is 6.06. The summed E-state index contributed by atoms with van der Waals surface area (Å²) in [5.74, 6) is 1.50. The third-order valence-corrected chi connectivity index (χ3v) is 7.50. The monoisotopic (exact) mass is 474 g/mol. The van der Waals surface area contributed by atoms with Crippen LogP contribution < -0.4 is 5.32 Å². The van der Waals surface area contributed by atoms with Gasteiger partial charge in [-0.05, 0) is 66.6 Å². The van der Waals surface area contributed by atoms with Gasteiger partial charge in [-0.25, -0.2) is 4.98 Å². The fraction of sp³-hybridized carbons (Fsp3) is 0.226. The van der Waals surface area contributed by atoms with E-state index < -0.39 is 0 Å². The zero-order valence-electron chi connectivity index (χ0n) is 20.7. The van der Waals surface area contributed by atoms with Crippen molar-refractivity contribution >= 4 is 16.8 Å². The van der Waals surface area contributed by atoms with Crippen LogP contribution in [0.5, 0.6) is 0 Å². The fourth-order valence-corrected chi connectivity index (χ4v) is 5.19. The summed E-state index contributed by atoms with van der Waals surface area (Å²) in [5, 5.41) is 4.12. The highest BCUT2D eigenvalue weighted by Gasteiger charge is 2.22. The van der Waals surface area contributed by atoms with E-state index in [1.54, 1.807) is 0 Å². The first-order chi connectivity index (χ1) is 17.5. The van der Waals surface area contributed by atoms with Gasteiger partial charge < -0.3 is 14.9 Å². The SMILES string of the molecule is Cc1ccc(-c2ccc(-c3cn4c(n3)CCC(CNC(=O)c3cccc5[nH]ccc35)C4)cc2)cc1C. The highest BCUT2D eigenvalue weighted by atomic mass is 16.1. The van der Waals surface area contributed by atoms with E-state index in [2.05, 4.69) is 77.4 Å². The van der Waals surface area contributed by atoms with Gasteiger partial charge in [0.25, 0.3) is 5.91 Å². The molecule has 5 nitrogen and oxygen atoms in total. The maximum atomic E-state index is 12.9. The second kappa shape index (κ2) is 9.15. The molecular weight excluding hydrogens is 444 g/mol. The number of imidazole rings is 1. The van der Waals surface area contributed by atoms with Gasteiger partial charge >= 0.3 is 0 Å². The number of carbonyl (C=O) groups is 1. The molecule has 1 atom stereocenters. The molecule has 0 saturated heterocycles. The Labute approximate surface area is 211 Å². The standard InChI is InChI=1S/C31H30N4O/c1-20-6-8-25(16-21(20)2)23-9-11-24(12-10-23)29-19-35-18-22(7-13-30(35)34-29)17-33-31(36)27-4-3-5-28-26(27)14-15-32-28/h3-6,8-12,14-16,19,22,32H,7,13,17-18H2,1-2H3,(H,33,36). The van der Waals surface area contributed by atoms with Gasteiger partial charge in [-0.2, -0.15) is 0 Å². The number of rotatable bonds is 5. The quantitative estimate of drug-likeness (QED) is 0.314. The Morgan fingerprint density at radius 1 is 1.00 bits per heavy atom. The van der Waals surface area contributed by atoms with Crippen LogP contribution in [0.1, 0.15) is 33.7 Å². The maximum Gasteiger partial charge on any atom is 0.251 e. The van der Waals surface area contributed by atoms with E-state index in [9.17, 15) is 4.79 Å². The van der Waals surface area contributed by atoms with Crippen molar-refractivity contribution in [3.8, 4) is 22.4 Å². The molecule has 0 bridgehead atoms. The Morgan fingerprint density at radius 3 is 2.64 bits per heavy atom. The molecule has 5 aromatic rings. The van der Waals surface area contributed by atoms with Crippen LogP contribution in [0.4, 0.5) is 0 Å². The molecule has 36 heavy (non-hydrogen) atoms. The number of fused-ring (bicyclic) bond motifs is 2. The number of hydrogen-bond donors (Lipinski definition) is 2. The molecule has 3 aromatic carbocycles. The van der Waals surface area contributed by atoms with Crippen molar-refractivity contribution < 1.29 is 4.79 Å². The minimum atomic E-state index is -0.0128. The second-order valence-electron chi connectivity index (χ2n) is 9.93. The molecule has 0 aliphatic carbocycles. The molecule has 1 aliphatic rings. The summed E-state index contributed by atoms with van der Waals surface area (Å²) in [6.45, 7) is 5.84. The second-order valence-corrected chi connectivity index (χ2v) is 9.93. The van der Waals surface area contributed by atoms with Crippen molar-refractivity contribution in [1.29, 1.82) is 0 Å². The molecule has 6 rings (SSSR count). The molecule has 180 valence electrons. The Hall–Kier alpha value is -4.12. The summed E-state index contributed by atoms with van der Waals surface area (Å²) in [4.78, 5) is 21.0. The average Bonchev–Trinajstić information content (AvgIpc) is 3.56. The van der Waals surface area contributed by atoms with Crippen molar-refractivity contribution in [3.63, 3.8) is 0 Å². The fourth-order valence-electron chi connectivity index (χ4n) is 5.19.